The Morgan fingerprint density at radius 3 is 1.77 bits per heavy atom. The van der Waals surface area contributed by atoms with Crippen LogP contribution in [0.4, 0.5) is 0 Å². The number of esters is 2. The lowest BCUT2D eigenvalue weighted by molar-refractivity contribution is -0.150. The minimum atomic E-state index is -0.0800. The Morgan fingerprint density at radius 1 is 0.692 bits per heavy atom. The molecule has 1 atom stereocenters. The van der Waals surface area contributed by atoms with Gasteiger partial charge in [-0.05, 0) is 32.1 Å². The van der Waals surface area contributed by atoms with E-state index in [1.807, 2.05) is 6.92 Å². The van der Waals surface area contributed by atoms with Crippen LogP contribution in [0.25, 0.3) is 0 Å². The first-order chi connectivity index (χ1) is 12.5. The van der Waals surface area contributed by atoms with E-state index < -0.39 is 0 Å². The fourth-order valence-corrected chi connectivity index (χ4v) is 2.61. The van der Waals surface area contributed by atoms with Crippen LogP contribution in [0.1, 0.15) is 111 Å². The minimum absolute atomic E-state index is 0.00130. The summed E-state index contributed by atoms with van der Waals surface area (Å²) in [5, 5.41) is 0. The molecule has 1 unspecified atom stereocenters. The molecule has 0 aromatic rings. The van der Waals surface area contributed by atoms with Crippen molar-refractivity contribution in [3.05, 3.63) is 0 Å². The van der Waals surface area contributed by atoms with Crippen molar-refractivity contribution in [1.29, 1.82) is 0 Å². The highest BCUT2D eigenvalue weighted by Gasteiger charge is 2.12. The van der Waals surface area contributed by atoms with E-state index in [-0.39, 0.29) is 18.0 Å². The lowest BCUT2D eigenvalue weighted by Gasteiger charge is -2.16. The van der Waals surface area contributed by atoms with Crippen molar-refractivity contribution in [3.8, 4) is 0 Å². The summed E-state index contributed by atoms with van der Waals surface area (Å²) in [6, 6.07) is 0. The molecule has 0 amide bonds. The third kappa shape index (κ3) is 16.4. The fraction of sp³-hybridized carbons (Fsp3) is 0.909. The summed E-state index contributed by atoms with van der Waals surface area (Å²) in [5.41, 5.74) is 0. The van der Waals surface area contributed by atoms with Crippen molar-refractivity contribution >= 4 is 11.9 Å². The smallest absolute Gasteiger partial charge is 0.306 e. The maximum atomic E-state index is 11.7. The van der Waals surface area contributed by atoms with Gasteiger partial charge in [0, 0.05) is 12.8 Å². The van der Waals surface area contributed by atoms with Crippen molar-refractivity contribution in [3.63, 3.8) is 0 Å². The standard InChI is InChI=1S/C22H42O4/c1-5-6-7-12-15-18-25-21(23)16-13-10-8-9-11-14-17-22(24)26-20(4)19(2)3/h19-20H,5-18H2,1-4H3. The van der Waals surface area contributed by atoms with Gasteiger partial charge < -0.3 is 9.47 Å². The summed E-state index contributed by atoms with van der Waals surface area (Å²) in [6.07, 6.45) is 13.1. The van der Waals surface area contributed by atoms with Gasteiger partial charge in [-0.15, -0.1) is 0 Å². The van der Waals surface area contributed by atoms with Crippen LogP contribution in [-0.4, -0.2) is 24.6 Å². The van der Waals surface area contributed by atoms with E-state index in [0.29, 0.717) is 25.4 Å². The lowest BCUT2D eigenvalue weighted by atomic mass is 10.1. The van der Waals surface area contributed by atoms with Crippen LogP contribution in [0.3, 0.4) is 0 Å². The fourth-order valence-electron chi connectivity index (χ4n) is 2.61. The molecule has 0 spiro atoms. The largest absolute Gasteiger partial charge is 0.466 e. The Labute approximate surface area is 161 Å². The van der Waals surface area contributed by atoms with E-state index >= 15 is 0 Å². The highest BCUT2D eigenvalue weighted by Crippen LogP contribution is 2.12. The van der Waals surface area contributed by atoms with Crippen LogP contribution in [0.5, 0.6) is 0 Å². The molecular weight excluding hydrogens is 328 g/mol. The summed E-state index contributed by atoms with van der Waals surface area (Å²) in [7, 11) is 0. The van der Waals surface area contributed by atoms with Gasteiger partial charge in [0.25, 0.3) is 0 Å². The van der Waals surface area contributed by atoms with E-state index in [0.717, 1.165) is 51.4 Å². The normalized spacial score (nSPS) is 12.2. The Kier molecular flexibility index (Phi) is 16.7. The van der Waals surface area contributed by atoms with E-state index in [4.69, 9.17) is 9.47 Å². The van der Waals surface area contributed by atoms with Crippen LogP contribution < -0.4 is 0 Å². The molecule has 26 heavy (non-hydrogen) atoms. The summed E-state index contributed by atoms with van der Waals surface area (Å²) in [5.74, 6) is 0.234. The van der Waals surface area contributed by atoms with E-state index in [9.17, 15) is 9.59 Å². The number of ether oxygens (including phenoxy) is 2. The molecule has 4 heteroatoms. The molecule has 0 saturated heterocycles. The Balaban J connectivity index is 3.35. The Morgan fingerprint density at radius 2 is 1.19 bits per heavy atom. The highest BCUT2D eigenvalue weighted by molar-refractivity contribution is 5.69. The van der Waals surface area contributed by atoms with Gasteiger partial charge in [-0.25, -0.2) is 0 Å². The monoisotopic (exact) mass is 370 g/mol. The molecule has 0 fully saturated rings. The summed E-state index contributed by atoms with van der Waals surface area (Å²) in [6.45, 7) is 8.83. The predicted molar refractivity (Wildman–Crippen MR) is 107 cm³/mol. The van der Waals surface area contributed by atoms with Crippen molar-refractivity contribution in [2.45, 2.75) is 117 Å². The third-order valence-electron chi connectivity index (χ3n) is 4.78. The molecule has 0 radical (unpaired) electrons. The molecule has 0 N–H and O–H groups in total. The average molecular weight is 371 g/mol. The second-order valence-corrected chi connectivity index (χ2v) is 7.69. The number of carbonyl (C=O) groups excluding carboxylic acids is 2. The third-order valence-corrected chi connectivity index (χ3v) is 4.78. The number of carbonyl (C=O) groups is 2. The highest BCUT2D eigenvalue weighted by atomic mass is 16.5. The maximum Gasteiger partial charge on any atom is 0.306 e. The molecule has 0 rings (SSSR count). The van der Waals surface area contributed by atoms with Crippen LogP contribution >= 0.6 is 0 Å². The Bertz CT molecular complexity index is 352. The van der Waals surface area contributed by atoms with Gasteiger partial charge in [-0.1, -0.05) is 72.1 Å². The molecule has 0 aromatic carbocycles. The molecule has 4 nitrogen and oxygen atoms in total. The average Bonchev–Trinajstić information content (AvgIpc) is 2.60. The van der Waals surface area contributed by atoms with Gasteiger partial charge in [0.2, 0.25) is 0 Å². The first-order valence-electron chi connectivity index (χ1n) is 10.8. The van der Waals surface area contributed by atoms with Gasteiger partial charge in [0.05, 0.1) is 6.61 Å². The summed E-state index contributed by atoms with van der Waals surface area (Å²) >= 11 is 0. The topological polar surface area (TPSA) is 52.6 Å². The number of rotatable bonds is 17. The first kappa shape index (κ1) is 24.9. The molecule has 0 aliphatic carbocycles. The van der Waals surface area contributed by atoms with E-state index in [1.165, 1.54) is 19.3 Å². The number of hydrogen-bond acceptors (Lipinski definition) is 4. The number of unbranched alkanes of at least 4 members (excludes halogenated alkanes) is 9. The van der Waals surface area contributed by atoms with Crippen molar-refractivity contribution in [2.75, 3.05) is 6.61 Å². The molecule has 0 saturated carbocycles. The first-order valence-corrected chi connectivity index (χ1v) is 10.8. The van der Waals surface area contributed by atoms with E-state index in [2.05, 4.69) is 20.8 Å². The molecule has 0 heterocycles. The molecular formula is C22H42O4. The molecule has 154 valence electrons. The van der Waals surface area contributed by atoms with Crippen molar-refractivity contribution in [1.82, 2.24) is 0 Å². The van der Waals surface area contributed by atoms with E-state index in [1.54, 1.807) is 0 Å². The SMILES string of the molecule is CCCCCCCOC(=O)CCCCCCCCC(=O)OC(C)C(C)C. The van der Waals surface area contributed by atoms with Gasteiger partial charge in [0.15, 0.2) is 0 Å². The minimum Gasteiger partial charge on any atom is -0.466 e. The van der Waals surface area contributed by atoms with Crippen LogP contribution in [0, 0.1) is 5.92 Å². The molecule has 0 bridgehead atoms. The number of hydrogen-bond donors (Lipinski definition) is 0. The van der Waals surface area contributed by atoms with Crippen LogP contribution in [0.15, 0.2) is 0 Å². The zero-order valence-corrected chi connectivity index (χ0v) is 17.7. The maximum absolute atomic E-state index is 11.7. The summed E-state index contributed by atoms with van der Waals surface area (Å²) < 4.78 is 10.6. The van der Waals surface area contributed by atoms with Crippen LogP contribution in [-0.2, 0) is 19.1 Å². The zero-order valence-electron chi connectivity index (χ0n) is 17.7. The van der Waals surface area contributed by atoms with Gasteiger partial charge in [-0.3, -0.25) is 9.59 Å². The van der Waals surface area contributed by atoms with Crippen LogP contribution in [0.2, 0.25) is 0 Å². The van der Waals surface area contributed by atoms with Gasteiger partial charge in [-0.2, -0.15) is 0 Å². The summed E-state index contributed by atoms with van der Waals surface area (Å²) in [4.78, 5) is 23.3. The quantitative estimate of drug-likeness (QED) is 0.226. The Hall–Kier alpha value is -1.06. The zero-order chi connectivity index (χ0) is 19.6. The molecule has 0 aliphatic rings. The molecule has 0 aliphatic heterocycles. The van der Waals surface area contributed by atoms with Crippen molar-refractivity contribution in [2.24, 2.45) is 5.92 Å². The second-order valence-electron chi connectivity index (χ2n) is 7.69. The molecule has 0 aromatic heterocycles. The van der Waals surface area contributed by atoms with Crippen molar-refractivity contribution < 1.29 is 19.1 Å². The lowest BCUT2D eigenvalue weighted by Crippen LogP contribution is -2.19. The second kappa shape index (κ2) is 17.4. The van der Waals surface area contributed by atoms with Gasteiger partial charge >= 0.3 is 11.9 Å². The predicted octanol–water partition coefficient (Wildman–Crippen LogP) is 6.21. The van der Waals surface area contributed by atoms with Gasteiger partial charge in [0.1, 0.15) is 6.10 Å².